The van der Waals surface area contributed by atoms with Crippen LogP contribution in [0, 0.1) is 0 Å². The van der Waals surface area contributed by atoms with Crippen molar-refractivity contribution in [2.75, 3.05) is 0 Å². The Kier molecular flexibility index (Phi) is 8.81. The number of para-hydroxylation sites is 3. The van der Waals surface area contributed by atoms with Gasteiger partial charge in [0.15, 0.2) is 5.82 Å². The summed E-state index contributed by atoms with van der Waals surface area (Å²) < 4.78 is 4.91. The Balaban J connectivity index is 1.01. The van der Waals surface area contributed by atoms with Crippen molar-refractivity contribution in [3.8, 4) is 67.5 Å². The van der Waals surface area contributed by atoms with Crippen molar-refractivity contribution in [3.05, 3.63) is 243 Å². The summed E-state index contributed by atoms with van der Waals surface area (Å²) in [5, 5.41) is 7.20. The van der Waals surface area contributed by atoms with Crippen LogP contribution in [0.3, 0.4) is 0 Å². The van der Waals surface area contributed by atoms with Gasteiger partial charge in [-0.25, -0.2) is 9.97 Å². The van der Waals surface area contributed by atoms with E-state index in [1.54, 1.807) is 0 Å². The number of nitrogens with zero attached hydrogens (tertiary/aromatic N) is 4. The van der Waals surface area contributed by atoms with Crippen LogP contribution in [0.5, 0.6) is 0 Å². The molecule has 0 fully saturated rings. The van der Waals surface area contributed by atoms with E-state index in [-0.39, 0.29) is 0 Å². The molecule has 66 heavy (non-hydrogen) atoms. The molecule has 0 radical (unpaired) electrons. The maximum absolute atomic E-state index is 5.38. The topological polar surface area (TPSA) is 35.6 Å². The zero-order valence-electron chi connectivity index (χ0n) is 35.9. The van der Waals surface area contributed by atoms with Gasteiger partial charge in [-0.3, -0.25) is 0 Å². The third kappa shape index (κ3) is 6.15. The van der Waals surface area contributed by atoms with E-state index in [4.69, 9.17) is 9.97 Å². The lowest BCUT2D eigenvalue weighted by Crippen LogP contribution is -1.99. The Morgan fingerprint density at radius 3 is 1.45 bits per heavy atom. The van der Waals surface area contributed by atoms with Crippen LogP contribution < -0.4 is 0 Å². The summed E-state index contributed by atoms with van der Waals surface area (Å²) in [6, 6.07) is 86.8. The fourth-order valence-corrected chi connectivity index (χ4v) is 10.1. The molecular formula is C62H40N4. The van der Waals surface area contributed by atoms with E-state index in [1.165, 1.54) is 49.3 Å². The molecule has 0 aliphatic heterocycles. The van der Waals surface area contributed by atoms with Gasteiger partial charge in [-0.2, -0.15) is 0 Å². The highest BCUT2D eigenvalue weighted by Crippen LogP contribution is 2.44. The summed E-state index contributed by atoms with van der Waals surface area (Å²) in [4.78, 5) is 10.6. The van der Waals surface area contributed by atoms with Gasteiger partial charge < -0.3 is 9.13 Å². The maximum Gasteiger partial charge on any atom is 0.160 e. The zero-order chi connectivity index (χ0) is 43.6. The largest absolute Gasteiger partial charge is 0.309 e. The molecule has 0 N–H and O–H groups in total. The fraction of sp³-hybridized carbons (Fsp3) is 0. The molecule has 0 bridgehead atoms. The third-order valence-electron chi connectivity index (χ3n) is 13.2. The van der Waals surface area contributed by atoms with E-state index in [2.05, 4.69) is 246 Å². The number of hydrogen-bond acceptors (Lipinski definition) is 2. The zero-order valence-corrected chi connectivity index (χ0v) is 35.9. The standard InChI is InChI=1S/C62H40N4/c1-4-16-41(17-5-1)43-28-32-45(33-29-43)54-40-55(64-62(63-54)46-34-30-44(31-35-46)42-18-6-2-7-19-42)49-36-38-58(50-23-11-10-22-48(49)50)66-57-27-15-13-25-53(57)60-59(66)39-37-52-51-24-12-14-26-56(51)65(61(52)60)47-20-8-3-9-21-47/h1-40H. The second kappa shape index (κ2) is 15.4. The second-order valence-electron chi connectivity index (χ2n) is 16.9. The lowest BCUT2D eigenvalue weighted by Gasteiger charge is -2.16. The monoisotopic (exact) mass is 840 g/mol. The Morgan fingerprint density at radius 2 is 0.788 bits per heavy atom. The summed E-state index contributed by atoms with van der Waals surface area (Å²) >= 11 is 0. The molecule has 4 nitrogen and oxygen atoms in total. The molecule has 0 aliphatic carbocycles. The molecule has 13 rings (SSSR count). The van der Waals surface area contributed by atoms with Crippen molar-refractivity contribution in [3.63, 3.8) is 0 Å². The van der Waals surface area contributed by atoms with Crippen LogP contribution in [0.25, 0.3) is 122 Å². The first-order valence-electron chi connectivity index (χ1n) is 22.5. The molecule has 0 saturated carbocycles. The van der Waals surface area contributed by atoms with Gasteiger partial charge in [0.1, 0.15) is 0 Å². The minimum atomic E-state index is 0.683. The first-order valence-corrected chi connectivity index (χ1v) is 22.5. The Hall–Kier alpha value is -8.86. The van der Waals surface area contributed by atoms with Gasteiger partial charge in [-0.05, 0) is 70.1 Å². The van der Waals surface area contributed by atoms with Crippen molar-refractivity contribution in [1.82, 2.24) is 19.1 Å². The molecule has 0 aliphatic rings. The predicted molar refractivity (Wildman–Crippen MR) is 275 cm³/mol. The van der Waals surface area contributed by atoms with Gasteiger partial charge in [0.2, 0.25) is 0 Å². The van der Waals surface area contributed by atoms with E-state index in [1.807, 2.05) is 6.07 Å². The van der Waals surface area contributed by atoms with Gasteiger partial charge in [0, 0.05) is 49.3 Å². The van der Waals surface area contributed by atoms with Crippen LogP contribution >= 0.6 is 0 Å². The Labute approximate surface area is 382 Å². The molecule has 3 heterocycles. The molecule has 308 valence electrons. The molecule has 0 atom stereocenters. The lowest BCUT2D eigenvalue weighted by atomic mass is 9.98. The van der Waals surface area contributed by atoms with Gasteiger partial charge in [-0.1, -0.05) is 200 Å². The minimum absolute atomic E-state index is 0.683. The highest BCUT2D eigenvalue weighted by Gasteiger charge is 2.22. The van der Waals surface area contributed by atoms with Crippen molar-refractivity contribution in [2.45, 2.75) is 0 Å². The molecule has 13 aromatic rings. The van der Waals surface area contributed by atoms with Gasteiger partial charge in [0.25, 0.3) is 0 Å². The highest BCUT2D eigenvalue weighted by atomic mass is 15.0. The second-order valence-corrected chi connectivity index (χ2v) is 16.9. The van der Waals surface area contributed by atoms with E-state index in [9.17, 15) is 0 Å². The summed E-state index contributed by atoms with van der Waals surface area (Å²) in [6.45, 7) is 0. The summed E-state index contributed by atoms with van der Waals surface area (Å²) in [5.41, 5.74) is 16.5. The van der Waals surface area contributed by atoms with Crippen molar-refractivity contribution < 1.29 is 0 Å². The smallest absolute Gasteiger partial charge is 0.160 e. The van der Waals surface area contributed by atoms with Crippen LogP contribution in [-0.2, 0) is 0 Å². The quantitative estimate of drug-likeness (QED) is 0.160. The van der Waals surface area contributed by atoms with Crippen LogP contribution in [0.1, 0.15) is 0 Å². The minimum Gasteiger partial charge on any atom is -0.309 e. The van der Waals surface area contributed by atoms with E-state index < -0.39 is 0 Å². The van der Waals surface area contributed by atoms with Crippen LogP contribution in [-0.4, -0.2) is 19.1 Å². The number of aromatic nitrogens is 4. The molecule has 0 saturated heterocycles. The molecular weight excluding hydrogens is 801 g/mol. The normalized spacial score (nSPS) is 11.6. The van der Waals surface area contributed by atoms with Gasteiger partial charge in [-0.15, -0.1) is 0 Å². The number of benzene rings is 10. The van der Waals surface area contributed by atoms with E-state index in [0.717, 1.165) is 66.8 Å². The predicted octanol–water partition coefficient (Wildman–Crippen LogP) is 16.2. The number of rotatable bonds is 7. The fourth-order valence-electron chi connectivity index (χ4n) is 10.1. The average Bonchev–Trinajstić information content (AvgIpc) is 3.92. The van der Waals surface area contributed by atoms with Crippen LogP contribution in [0.2, 0.25) is 0 Å². The highest BCUT2D eigenvalue weighted by molar-refractivity contribution is 6.26. The van der Waals surface area contributed by atoms with Crippen molar-refractivity contribution in [1.29, 1.82) is 0 Å². The van der Waals surface area contributed by atoms with Gasteiger partial charge in [0.05, 0.1) is 39.1 Å². The molecule has 10 aromatic carbocycles. The number of hydrogen-bond donors (Lipinski definition) is 0. The molecule has 4 heteroatoms. The Bertz CT molecular complexity index is 3840. The Morgan fingerprint density at radius 1 is 0.288 bits per heavy atom. The summed E-state index contributed by atoms with van der Waals surface area (Å²) in [7, 11) is 0. The average molecular weight is 841 g/mol. The van der Waals surface area contributed by atoms with Crippen LogP contribution in [0.15, 0.2) is 243 Å². The molecule has 0 unspecified atom stereocenters. The SMILES string of the molecule is c1ccc(-c2ccc(-c3cc(-c4ccc(-n5c6ccccc6c6c5ccc5c7ccccc7n(-c7ccccc7)c56)c5ccccc45)nc(-c4ccc(-c5ccccc5)cc4)n3)cc2)cc1. The number of fused-ring (bicyclic) bond motifs is 8. The van der Waals surface area contributed by atoms with Crippen molar-refractivity contribution >= 4 is 54.4 Å². The molecule has 0 amide bonds. The molecule has 3 aromatic heterocycles. The first-order chi connectivity index (χ1) is 32.7. The van der Waals surface area contributed by atoms with E-state index in [0.29, 0.717) is 5.82 Å². The van der Waals surface area contributed by atoms with Gasteiger partial charge >= 0.3 is 0 Å². The maximum atomic E-state index is 5.38. The summed E-state index contributed by atoms with van der Waals surface area (Å²) in [5.74, 6) is 0.683. The van der Waals surface area contributed by atoms with E-state index >= 15 is 0 Å². The van der Waals surface area contributed by atoms with Crippen molar-refractivity contribution in [2.24, 2.45) is 0 Å². The molecule has 0 spiro atoms. The van der Waals surface area contributed by atoms with Crippen LogP contribution in [0.4, 0.5) is 0 Å². The third-order valence-corrected chi connectivity index (χ3v) is 13.2. The summed E-state index contributed by atoms with van der Waals surface area (Å²) in [6.07, 6.45) is 0. The first kappa shape index (κ1) is 37.7. The lowest BCUT2D eigenvalue weighted by molar-refractivity contribution is 1.18.